The summed E-state index contributed by atoms with van der Waals surface area (Å²) in [4.78, 5) is 0. The van der Waals surface area contributed by atoms with Gasteiger partial charge in [-0.1, -0.05) is 12.8 Å². The number of nitrogens with one attached hydrogen (secondary N) is 1. The van der Waals surface area contributed by atoms with Crippen molar-refractivity contribution in [1.29, 1.82) is 5.26 Å². The van der Waals surface area contributed by atoms with Crippen LogP contribution in [0.5, 0.6) is 0 Å². The van der Waals surface area contributed by atoms with Gasteiger partial charge in [0.15, 0.2) is 5.92 Å². The van der Waals surface area contributed by atoms with E-state index in [2.05, 4.69) is 5.32 Å². The number of nitrogens with zero attached hydrogens (tertiary/aromatic N) is 1. The highest BCUT2D eigenvalue weighted by molar-refractivity contribution is 4.92. The molecule has 1 rings (SSSR count). The van der Waals surface area contributed by atoms with Crippen molar-refractivity contribution >= 4 is 0 Å². The van der Waals surface area contributed by atoms with E-state index in [0.717, 1.165) is 12.8 Å². The highest BCUT2D eigenvalue weighted by Gasteiger charge is 2.40. The minimum Gasteiger partial charge on any atom is -0.392 e. The van der Waals surface area contributed by atoms with E-state index in [1.54, 1.807) is 0 Å². The van der Waals surface area contributed by atoms with Gasteiger partial charge in [-0.3, -0.25) is 0 Å². The van der Waals surface area contributed by atoms with Gasteiger partial charge in [0.2, 0.25) is 0 Å². The maximum absolute atomic E-state index is 12.2. The molecule has 0 amide bonds. The molecule has 1 saturated carbocycles. The molecule has 6 heteroatoms. The fraction of sp³-hybridized carbons (Fsp3) is 0.900. The first kappa shape index (κ1) is 13.3. The van der Waals surface area contributed by atoms with Crippen molar-refractivity contribution in [3.63, 3.8) is 0 Å². The van der Waals surface area contributed by atoms with Crippen LogP contribution in [0.4, 0.5) is 13.2 Å². The maximum Gasteiger partial charge on any atom is 0.405 e. The largest absolute Gasteiger partial charge is 0.405 e. The van der Waals surface area contributed by atoms with E-state index in [-0.39, 0.29) is 6.04 Å². The highest BCUT2D eigenvalue weighted by Crippen LogP contribution is 2.26. The SMILES string of the molecule is N#CC(CNC1CCCCC1O)C(F)(F)F. The standard InChI is InChI=1S/C10H15F3N2O/c11-10(12,13)7(5-14)6-15-8-3-1-2-4-9(8)16/h7-9,15-16H,1-4,6H2. The molecular weight excluding hydrogens is 221 g/mol. The Bertz CT molecular complexity index is 262. The average Bonchev–Trinajstić information content (AvgIpc) is 2.19. The molecule has 3 unspecified atom stereocenters. The maximum atomic E-state index is 12.2. The Morgan fingerprint density at radius 3 is 2.50 bits per heavy atom. The summed E-state index contributed by atoms with van der Waals surface area (Å²) in [5, 5.41) is 20.6. The van der Waals surface area contributed by atoms with Gasteiger partial charge in [-0.15, -0.1) is 0 Å². The summed E-state index contributed by atoms with van der Waals surface area (Å²) in [6, 6.07) is 0.914. The first-order valence-electron chi connectivity index (χ1n) is 5.33. The fourth-order valence-corrected chi connectivity index (χ4v) is 1.85. The van der Waals surface area contributed by atoms with E-state index in [1.165, 1.54) is 6.07 Å². The first-order valence-corrected chi connectivity index (χ1v) is 5.33. The fourth-order valence-electron chi connectivity index (χ4n) is 1.85. The van der Waals surface area contributed by atoms with E-state index >= 15 is 0 Å². The van der Waals surface area contributed by atoms with Crippen molar-refractivity contribution < 1.29 is 18.3 Å². The Kier molecular flexibility index (Phi) is 4.56. The monoisotopic (exact) mass is 236 g/mol. The van der Waals surface area contributed by atoms with Gasteiger partial charge < -0.3 is 10.4 Å². The molecule has 3 atom stereocenters. The number of halogens is 3. The molecule has 0 bridgehead atoms. The van der Waals surface area contributed by atoms with Crippen LogP contribution in [0.15, 0.2) is 0 Å². The Morgan fingerprint density at radius 1 is 1.38 bits per heavy atom. The molecule has 1 aliphatic rings. The molecule has 0 radical (unpaired) electrons. The van der Waals surface area contributed by atoms with E-state index in [9.17, 15) is 18.3 Å². The molecule has 0 aromatic heterocycles. The van der Waals surface area contributed by atoms with Crippen LogP contribution >= 0.6 is 0 Å². The third kappa shape index (κ3) is 3.65. The number of hydrogen-bond acceptors (Lipinski definition) is 3. The normalized spacial score (nSPS) is 28.4. The lowest BCUT2D eigenvalue weighted by atomic mass is 9.92. The Hall–Kier alpha value is -0.800. The average molecular weight is 236 g/mol. The van der Waals surface area contributed by atoms with Gasteiger partial charge in [-0.25, -0.2) is 0 Å². The van der Waals surface area contributed by atoms with Gasteiger partial charge in [0.05, 0.1) is 12.2 Å². The summed E-state index contributed by atoms with van der Waals surface area (Å²) < 4.78 is 36.7. The van der Waals surface area contributed by atoms with Crippen LogP contribution in [0.3, 0.4) is 0 Å². The quantitative estimate of drug-likeness (QED) is 0.782. The van der Waals surface area contributed by atoms with Crippen LogP contribution in [-0.2, 0) is 0 Å². The predicted molar refractivity (Wildman–Crippen MR) is 51.4 cm³/mol. The van der Waals surface area contributed by atoms with Crippen molar-refractivity contribution in [1.82, 2.24) is 5.32 Å². The molecular formula is C10H15F3N2O. The summed E-state index contributed by atoms with van der Waals surface area (Å²) in [5.74, 6) is -2.00. The number of nitriles is 1. The Morgan fingerprint density at radius 2 is 2.00 bits per heavy atom. The van der Waals surface area contributed by atoms with Gasteiger partial charge in [0.1, 0.15) is 0 Å². The molecule has 0 aromatic carbocycles. The molecule has 0 heterocycles. The third-order valence-electron chi connectivity index (χ3n) is 2.86. The first-order chi connectivity index (χ1) is 7.45. The van der Waals surface area contributed by atoms with Crippen molar-refractivity contribution in [3.8, 4) is 6.07 Å². The second-order valence-corrected chi connectivity index (χ2v) is 4.09. The summed E-state index contributed by atoms with van der Waals surface area (Å²) in [6.07, 6.45) is -2.01. The number of aliphatic hydroxyl groups is 1. The van der Waals surface area contributed by atoms with Crippen LogP contribution in [0.1, 0.15) is 25.7 Å². The molecule has 0 saturated heterocycles. The number of aliphatic hydroxyl groups excluding tert-OH is 1. The summed E-state index contributed by atoms with van der Waals surface area (Å²) >= 11 is 0. The van der Waals surface area contributed by atoms with E-state index in [1.807, 2.05) is 0 Å². The molecule has 2 N–H and O–H groups in total. The molecule has 0 aromatic rings. The minimum atomic E-state index is -4.50. The Balaban J connectivity index is 2.40. The molecule has 3 nitrogen and oxygen atoms in total. The number of hydrogen-bond donors (Lipinski definition) is 2. The van der Waals surface area contributed by atoms with Crippen molar-refractivity contribution in [2.24, 2.45) is 5.92 Å². The van der Waals surface area contributed by atoms with Gasteiger partial charge in [-0.2, -0.15) is 18.4 Å². The summed E-state index contributed by atoms with van der Waals surface area (Å²) in [7, 11) is 0. The van der Waals surface area contributed by atoms with Gasteiger partial charge >= 0.3 is 6.18 Å². The zero-order valence-electron chi connectivity index (χ0n) is 8.80. The minimum absolute atomic E-state index is 0.313. The number of alkyl halides is 3. The van der Waals surface area contributed by atoms with E-state index < -0.39 is 24.7 Å². The van der Waals surface area contributed by atoms with Crippen LogP contribution < -0.4 is 5.32 Å². The molecule has 0 aliphatic heterocycles. The van der Waals surface area contributed by atoms with E-state index in [4.69, 9.17) is 5.26 Å². The van der Waals surface area contributed by atoms with Gasteiger partial charge in [-0.05, 0) is 12.8 Å². The van der Waals surface area contributed by atoms with Gasteiger partial charge in [0, 0.05) is 12.6 Å². The summed E-state index contributed by atoms with van der Waals surface area (Å²) in [5.41, 5.74) is 0. The molecule has 0 spiro atoms. The van der Waals surface area contributed by atoms with Crippen molar-refractivity contribution in [2.75, 3.05) is 6.54 Å². The van der Waals surface area contributed by atoms with Crippen LogP contribution in [0.25, 0.3) is 0 Å². The predicted octanol–water partition coefficient (Wildman–Crippen LogP) is 1.58. The smallest absolute Gasteiger partial charge is 0.392 e. The second kappa shape index (κ2) is 5.51. The van der Waals surface area contributed by atoms with Gasteiger partial charge in [0.25, 0.3) is 0 Å². The molecule has 16 heavy (non-hydrogen) atoms. The lowest BCUT2D eigenvalue weighted by molar-refractivity contribution is -0.158. The molecule has 1 aliphatic carbocycles. The Labute approximate surface area is 92.3 Å². The zero-order chi connectivity index (χ0) is 12.2. The number of rotatable bonds is 3. The molecule has 92 valence electrons. The lowest BCUT2D eigenvalue weighted by Crippen LogP contribution is -2.45. The zero-order valence-corrected chi connectivity index (χ0v) is 8.80. The third-order valence-corrected chi connectivity index (χ3v) is 2.86. The van der Waals surface area contributed by atoms with Crippen molar-refractivity contribution in [2.45, 2.75) is 44.0 Å². The topological polar surface area (TPSA) is 56.0 Å². The highest BCUT2D eigenvalue weighted by atomic mass is 19.4. The summed E-state index contributed by atoms with van der Waals surface area (Å²) in [6.45, 7) is -0.443. The van der Waals surface area contributed by atoms with Crippen molar-refractivity contribution in [3.05, 3.63) is 0 Å². The van der Waals surface area contributed by atoms with Crippen LogP contribution in [0, 0.1) is 17.2 Å². The van der Waals surface area contributed by atoms with Crippen LogP contribution in [0.2, 0.25) is 0 Å². The second-order valence-electron chi connectivity index (χ2n) is 4.09. The van der Waals surface area contributed by atoms with Crippen LogP contribution in [-0.4, -0.2) is 30.0 Å². The lowest BCUT2D eigenvalue weighted by Gasteiger charge is -2.29. The molecule has 1 fully saturated rings. The van der Waals surface area contributed by atoms with E-state index in [0.29, 0.717) is 12.8 Å².